The number of aliphatic imine (C=N–C) groups is 1. The van der Waals surface area contributed by atoms with E-state index in [9.17, 15) is 0 Å². The van der Waals surface area contributed by atoms with E-state index in [-0.39, 0.29) is 0 Å². The van der Waals surface area contributed by atoms with Gasteiger partial charge in [0.15, 0.2) is 0 Å². The second-order valence-electron chi connectivity index (χ2n) is 1.26. The van der Waals surface area contributed by atoms with Crippen LogP contribution >= 0.6 is 0 Å². The Hall–Kier alpha value is -0.386. The summed E-state index contributed by atoms with van der Waals surface area (Å²) in [6.45, 7) is 1.39. The summed E-state index contributed by atoms with van der Waals surface area (Å²) in [5.74, 6) is 0. The number of hydrogen-bond donors (Lipinski definition) is 1. The normalized spacial score (nSPS) is 14.1. The van der Waals surface area contributed by atoms with Gasteiger partial charge in [-0.15, -0.1) is 0 Å². The van der Waals surface area contributed by atoms with E-state index in [0.717, 1.165) is 11.6 Å². The van der Waals surface area contributed by atoms with Crippen molar-refractivity contribution in [3.05, 3.63) is 0 Å². The van der Waals surface area contributed by atoms with Gasteiger partial charge in [0.2, 0.25) is 0 Å². The van der Waals surface area contributed by atoms with E-state index in [2.05, 4.69) is 4.99 Å². The minimum atomic E-state index is -1.81. The molecule has 0 spiro atoms. The van der Waals surface area contributed by atoms with Gasteiger partial charge in [0.1, 0.15) is 6.34 Å². The average Bonchev–Trinajstić information content (AvgIpc) is 2.20. The summed E-state index contributed by atoms with van der Waals surface area (Å²) < 4.78 is 16.9. The molecule has 9 heavy (non-hydrogen) atoms. The van der Waals surface area contributed by atoms with Crippen LogP contribution in [0, 0.1) is 0 Å². The molecule has 0 saturated carbocycles. The summed E-state index contributed by atoms with van der Waals surface area (Å²) in [6, 6.07) is 0. The van der Waals surface area contributed by atoms with Gasteiger partial charge in [0.05, 0.1) is 13.1 Å². The fourth-order valence-electron chi connectivity index (χ4n) is 0.370. The van der Waals surface area contributed by atoms with Crippen LogP contribution in [0.2, 0.25) is 0 Å². The predicted molar refractivity (Wildman–Crippen MR) is 23.2 cm³/mol. The van der Waals surface area contributed by atoms with E-state index in [0.29, 0.717) is 6.54 Å². The molecule has 0 fully saturated rings. The molecule has 0 unspecified atom stereocenters. The molecular formula is C3H6N2O3V. The van der Waals surface area contributed by atoms with Crippen LogP contribution in [0.1, 0.15) is 0 Å². The molecule has 0 aromatic carbocycles. The van der Waals surface area contributed by atoms with Gasteiger partial charge in [0, 0.05) is 0 Å². The molecule has 0 aromatic heterocycles. The number of hydroxylamine groups is 2. The second kappa shape index (κ2) is 5.75. The van der Waals surface area contributed by atoms with Crippen molar-refractivity contribution in [1.82, 2.24) is 5.06 Å². The van der Waals surface area contributed by atoms with Crippen molar-refractivity contribution in [3.63, 3.8) is 0 Å². The molecule has 1 aliphatic heterocycles. The summed E-state index contributed by atoms with van der Waals surface area (Å²) >= 11 is -1.81. The second-order valence-corrected chi connectivity index (χ2v) is 1.49. The molecule has 0 aromatic rings. The first-order valence-corrected chi connectivity index (χ1v) is 3.35. The maximum absolute atomic E-state index is 8.47. The molecule has 6 heteroatoms. The third-order valence-corrected chi connectivity index (χ3v) is 0.673. The zero-order valence-electron chi connectivity index (χ0n) is 4.60. The summed E-state index contributed by atoms with van der Waals surface area (Å²) in [4.78, 5) is 3.72. The molecule has 0 aliphatic carbocycles. The number of hydrogen-bond acceptors (Lipinski definition) is 5. The van der Waals surface area contributed by atoms with Crippen LogP contribution in [-0.4, -0.2) is 29.7 Å². The summed E-state index contributed by atoms with van der Waals surface area (Å²) in [7, 11) is 0. The third-order valence-electron chi connectivity index (χ3n) is 0.673. The number of rotatable bonds is 0. The molecule has 0 bridgehead atoms. The van der Waals surface area contributed by atoms with Crippen molar-refractivity contribution in [2.75, 3.05) is 13.1 Å². The SMILES string of the molecule is ON1C=NCC1.[O]=[V]=[O]. The summed E-state index contributed by atoms with van der Waals surface area (Å²) in [6.07, 6.45) is 1.42. The topological polar surface area (TPSA) is 70.0 Å². The van der Waals surface area contributed by atoms with Gasteiger partial charge in [-0.05, 0) is 0 Å². The van der Waals surface area contributed by atoms with Gasteiger partial charge in [-0.3, -0.25) is 10.2 Å². The minimum absolute atomic E-state index is 0.653. The first kappa shape index (κ1) is 8.61. The molecule has 0 saturated heterocycles. The summed E-state index contributed by atoms with van der Waals surface area (Å²) in [5, 5.41) is 9.48. The van der Waals surface area contributed by atoms with E-state index < -0.39 is 16.2 Å². The molecule has 0 amide bonds. The van der Waals surface area contributed by atoms with E-state index in [4.69, 9.17) is 12.6 Å². The first-order valence-electron chi connectivity index (χ1n) is 2.21. The Bertz CT molecular complexity index is 131. The molecule has 0 atom stereocenters. The van der Waals surface area contributed by atoms with Crippen LogP contribution in [0.3, 0.4) is 0 Å². The Labute approximate surface area is 58.9 Å². The molecule has 1 heterocycles. The molecule has 1 rings (SSSR count). The van der Waals surface area contributed by atoms with Crippen LogP contribution < -0.4 is 0 Å². The van der Waals surface area contributed by atoms with Crippen LogP contribution in [-0.2, 0) is 23.5 Å². The van der Waals surface area contributed by atoms with Crippen LogP contribution in [0.4, 0.5) is 0 Å². The first-order chi connectivity index (χ1) is 4.31. The quantitative estimate of drug-likeness (QED) is 0.529. The maximum atomic E-state index is 8.47. The molecule has 1 aliphatic rings. The molecule has 0 radical (unpaired) electrons. The van der Waals surface area contributed by atoms with Crippen molar-refractivity contribution >= 4 is 6.34 Å². The Morgan fingerprint density at radius 2 is 2.22 bits per heavy atom. The monoisotopic (exact) mass is 169 g/mol. The number of nitrogens with zero attached hydrogens (tertiary/aromatic N) is 2. The van der Waals surface area contributed by atoms with Crippen molar-refractivity contribution in [2.24, 2.45) is 4.99 Å². The van der Waals surface area contributed by atoms with Crippen LogP contribution in [0.25, 0.3) is 0 Å². The van der Waals surface area contributed by atoms with Gasteiger partial charge in [0.25, 0.3) is 0 Å². The van der Waals surface area contributed by atoms with E-state index in [1.165, 1.54) is 6.34 Å². The zero-order valence-corrected chi connectivity index (χ0v) is 5.99. The van der Waals surface area contributed by atoms with Gasteiger partial charge in [-0.1, -0.05) is 0 Å². The Morgan fingerprint density at radius 3 is 2.33 bits per heavy atom. The standard InChI is InChI=1S/C3H6N2O.2O.V/c6-5-2-1-4-3-5;;;/h3,6H,1-2H2;;;. The van der Waals surface area contributed by atoms with E-state index in [1.54, 1.807) is 0 Å². The van der Waals surface area contributed by atoms with Crippen molar-refractivity contribution in [3.8, 4) is 0 Å². The molecule has 5 nitrogen and oxygen atoms in total. The van der Waals surface area contributed by atoms with Crippen molar-refractivity contribution in [2.45, 2.75) is 0 Å². The molecular weight excluding hydrogens is 163 g/mol. The zero-order chi connectivity index (χ0) is 7.11. The van der Waals surface area contributed by atoms with Crippen molar-refractivity contribution in [1.29, 1.82) is 0 Å². The fraction of sp³-hybridized carbons (Fsp3) is 0.667. The Morgan fingerprint density at radius 1 is 1.67 bits per heavy atom. The average molecular weight is 169 g/mol. The van der Waals surface area contributed by atoms with Crippen molar-refractivity contribution < 1.29 is 28.7 Å². The van der Waals surface area contributed by atoms with Gasteiger partial charge in [-0.25, -0.2) is 5.06 Å². The third kappa shape index (κ3) is 5.49. The van der Waals surface area contributed by atoms with E-state index >= 15 is 0 Å². The predicted octanol–water partition coefficient (Wildman–Crippen LogP) is -0.521. The fourth-order valence-corrected chi connectivity index (χ4v) is 0.370. The van der Waals surface area contributed by atoms with Gasteiger partial charge < -0.3 is 0 Å². The summed E-state index contributed by atoms with van der Waals surface area (Å²) in [5.41, 5.74) is 0. The Kier molecular flexibility index (Phi) is 5.50. The van der Waals surface area contributed by atoms with Gasteiger partial charge >= 0.3 is 23.5 Å². The van der Waals surface area contributed by atoms with Crippen LogP contribution in [0.15, 0.2) is 4.99 Å². The molecule has 1 N–H and O–H groups in total. The van der Waals surface area contributed by atoms with Crippen LogP contribution in [0.5, 0.6) is 0 Å². The molecule has 51 valence electrons. The van der Waals surface area contributed by atoms with E-state index in [1.807, 2.05) is 0 Å². The Balaban J connectivity index is 0.000000187. The van der Waals surface area contributed by atoms with Gasteiger partial charge in [-0.2, -0.15) is 0 Å².